The van der Waals surface area contributed by atoms with Gasteiger partial charge in [-0.15, -0.1) is 0 Å². The minimum absolute atomic E-state index is 0.0677. The summed E-state index contributed by atoms with van der Waals surface area (Å²) in [5.74, 6) is -0.244. The quantitative estimate of drug-likeness (QED) is 0.752. The van der Waals surface area contributed by atoms with Gasteiger partial charge in [-0.1, -0.05) is 13.8 Å². The monoisotopic (exact) mass is 413 g/mol. The molecule has 2 aromatic rings. The number of aromatic hydroxyl groups is 1. The highest BCUT2D eigenvalue weighted by atomic mass is 16.5. The smallest absolute Gasteiger partial charge is 0.291 e. The molecule has 2 aromatic heterocycles. The SMILES string of the molecule is CC(C)Cn1c(O)c(C(=O)NC2CC2)c(=O)n2ncc(/C=C/C3=NCC(C)(C)O3)c12. The van der Waals surface area contributed by atoms with Gasteiger partial charge in [0, 0.05) is 24.2 Å². The largest absolute Gasteiger partial charge is 0.494 e. The number of carbonyl (C=O) groups is 1. The molecule has 0 spiro atoms. The van der Waals surface area contributed by atoms with E-state index >= 15 is 0 Å². The van der Waals surface area contributed by atoms with Crippen molar-refractivity contribution in [2.45, 2.75) is 58.7 Å². The second kappa shape index (κ2) is 7.30. The molecular weight excluding hydrogens is 386 g/mol. The van der Waals surface area contributed by atoms with Crippen molar-refractivity contribution in [2.75, 3.05) is 6.54 Å². The van der Waals surface area contributed by atoms with Crippen molar-refractivity contribution < 1.29 is 14.6 Å². The van der Waals surface area contributed by atoms with Gasteiger partial charge in [-0.25, -0.2) is 4.99 Å². The molecule has 0 aromatic carbocycles. The Labute approximate surface area is 174 Å². The summed E-state index contributed by atoms with van der Waals surface area (Å²) in [7, 11) is 0. The molecule has 0 saturated heterocycles. The van der Waals surface area contributed by atoms with E-state index in [2.05, 4.69) is 15.4 Å². The zero-order chi connectivity index (χ0) is 21.6. The molecule has 1 saturated carbocycles. The van der Waals surface area contributed by atoms with Gasteiger partial charge in [0.1, 0.15) is 11.2 Å². The lowest BCUT2D eigenvalue weighted by Crippen LogP contribution is -2.34. The zero-order valence-corrected chi connectivity index (χ0v) is 17.7. The first-order chi connectivity index (χ1) is 14.2. The van der Waals surface area contributed by atoms with E-state index in [0.29, 0.717) is 30.2 Å². The summed E-state index contributed by atoms with van der Waals surface area (Å²) in [4.78, 5) is 30.0. The Bertz CT molecular complexity index is 1120. The van der Waals surface area contributed by atoms with Crippen LogP contribution in [0.1, 0.15) is 56.5 Å². The lowest BCUT2D eigenvalue weighted by atomic mass is 10.1. The first-order valence-electron chi connectivity index (χ1n) is 10.2. The third-order valence-electron chi connectivity index (χ3n) is 5.00. The second-order valence-corrected chi connectivity index (χ2v) is 8.94. The Morgan fingerprint density at radius 2 is 2.13 bits per heavy atom. The highest BCUT2D eigenvalue weighted by Crippen LogP contribution is 2.25. The van der Waals surface area contributed by atoms with Gasteiger partial charge >= 0.3 is 0 Å². The van der Waals surface area contributed by atoms with Crippen LogP contribution in [0.2, 0.25) is 0 Å². The molecule has 9 heteroatoms. The van der Waals surface area contributed by atoms with E-state index in [-0.39, 0.29) is 29.0 Å². The van der Waals surface area contributed by atoms with Crippen LogP contribution in [0.3, 0.4) is 0 Å². The van der Waals surface area contributed by atoms with Crippen molar-refractivity contribution in [1.82, 2.24) is 19.5 Å². The Kier molecular flexibility index (Phi) is 4.91. The lowest BCUT2D eigenvalue weighted by molar-refractivity contribution is 0.0944. The topological polar surface area (TPSA) is 110 Å². The molecule has 0 bridgehead atoms. The first-order valence-corrected chi connectivity index (χ1v) is 10.2. The van der Waals surface area contributed by atoms with Gasteiger partial charge < -0.3 is 15.2 Å². The third-order valence-corrected chi connectivity index (χ3v) is 5.00. The molecule has 0 atom stereocenters. The predicted octanol–water partition coefficient (Wildman–Crippen LogP) is 1.97. The summed E-state index contributed by atoms with van der Waals surface area (Å²) in [5.41, 5.74) is -0.228. The number of nitrogens with one attached hydrogen (secondary N) is 1. The standard InChI is InChI=1S/C21H27N5O4/c1-12(2)10-25-18-13(5-8-15-22-11-21(3,4)30-15)9-23-26(18)20(29)16(19(25)28)17(27)24-14-6-7-14/h5,8-9,12,14,28H,6-7,10-11H2,1-4H3,(H,24,27)/b8-5+. The molecule has 2 aliphatic rings. The van der Waals surface area contributed by atoms with E-state index in [4.69, 9.17) is 4.74 Å². The minimum Gasteiger partial charge on any atom is -0.494 e. The maximum Gasteiger partial charge on any atom is 0.291 e. The zero-order valence-electron chi connectivity index (χ0n) is 17.7. The van der Waals surface area contributed by atoms with Crippen LogP contribution in [0, 0.1) is 5.92 Å². The fourth-order valence-corrected chi connectivity index (χ4v) is 3.41. The summed E-state index contributed by atoms with van der Waals surface area (Å²) in [6, 6.07) is 0.0677. The highest BCUT2D eigenvalue weighted by molar-refractivity contribution is 5.97. The van der Waals surface area contributed by atoms with Gasteiger partial charge in [-0.2, -0.15) is 9.61 Å². The van der Waals surface area contributed by atoms with E-state index in [1.165, 1.54) is 10.7 Å². The Morgan fingerprint density at radius 1 is 1.40 bits per heavy atom. The molecule has 1 aliphatic heterocycles. The van der Waals surface area contributed by atoms with E-state index in [9.17, 15) is 14.7 Å². The molecule has 4 rings (SSSR count). The number of ether oxygens (including phenoxy) is 1. The first kappa shape index (κ1) is 20.2. The molecule has 30 heavy (non-hydrogen) atoms. The number of nitrogens with zero attached hydrogens (tertiary/aromatic N) is 4. The number of aliphatic imine (C=N–C) groups is 1. The van der Waals surface area contributed by atoms with Crippen LogP contribution < -0.4 is 10.9 Å². The Balaban J connectivity index is 1.80. The van der Waals surface area contributed by atoms with Gasteiger partial charge in [-0.3, -0.25) is 14.2 Å². The van der Waals surface area contributed by atoms with Crippen LogP contribution in [-0.4, -0.2) is 49.3 Å². The molecule has 1 fully saturated rings. The van der Waals surface area contributed by atoms with Crippen LogP contribution in [-0.2, 0) is 11.3 Å². The average molecular weight is 413 g/mol. The van der Waals surface area contributed by atoms with Crippen LogP contribution in [0.15, 0.2) is 22.1 Å². The molecule has 1 aliphatic carbocycles. The number of rotatable bonds is 6. The summed E-state index contributed by atoms with van der Waals surface area (Å²) in [6.07, 6.45) is 6.78. The van der Waals surface area contributed by atoms with E-state index in [0.717, 1.165) is 12.8 Å². The number of aromatic nitrogens is 3. The number of fused-ring (bicyclic) bond motifs is 1. The molecule has 9 nitrogen and oxygen atoms in total. The van der Waals surface area contributed by atoms with Gasteiger partial charge in [0.25, 0.3) is 11.5 Å². The van der Waals surface area contributed by atoms with Gasteiger partial charge in [0.15, 0.2) is 5.56 Å². The van der Waals surface area contributed by atoms with E-state index < -0.39 is 11.5 Å². The molecule has 2 N–H and O–H groups in total. The van der Waals surface area contributed by atoms with Crippen molar-refractivity contribution in [3.05, 3.63) is 33.8 Å². The Morgan fingerprint density at radius 3 is 2.73 bits per heavy atom. The molecule has 0 unspecified atom stereocenters. The fraction of sp³-hybridized carbons (Fsp3) is 0.524. The van der Waals surface area contributed by atoms with Crippen LogP contribution in [0.4, 0.5) is 0 Å². The average Bonchev–Trinajstić information content (AvgIpc) is 3.24. The summed E-state index contributed by atoms with van der Waals surface area (Å²) in [6.45, 7) is 8.88. The number of hydrogen-bond donors (Lipinski definition) is 2. The van der Waals surface area contributed by atoms with Crippen LogP contribution in [0.25, 0.3) is 11.7 Å². The summed E-state index contributed by atoms with van der Waals surface area (Å²) < 4.78 is 8.50. The molecular formula is C21H27N5O4. The van der Waals surface area contributed by atoms with E-state index in [1.807, 2.05) is 27.7 Å². The third kappa shape index (κ3) is 3.83. The molecule has 0 radical (unpaired) electrons. The normalized spacial score (nSPS) is 18.2. The van der Waals surface area contributed by atoms with E-state index in [1.54, 1.807) is 16.7 Å². The van der Waals surface area contributed by atoms with Crippen LogP contribution >= 0.6 is 0 Å². The summed E-state index contributed by atoms with van der Waals surface area (Å²) in [5, 5.41) is 17.9. The predicted molar refractivity (Wildman–Crippen MR) is 113 cm³/mol. The maximum atomic E-state index is 13.0. The van der Waals surface area contributed by atoms with Gasteiger partial charge in [0.05, 0.1) is 12.7 Å². The van der Waals surface area contributed by atoms with Crippen molar-refractivity contribution in [1.29, 1.82) is 0 Å². The van der Waals surface area contributed by atoms with Gasteiger partial charge in [0.2, 0.25) is 11.8 Å². The van der Waals surface area contributed by atoms with Crippen molar-refractivity contribution in [3.63, 3.8) is 0 Å². The molecule has 160 valence electrons. The Hall–Kier alpha value is -3.10. The van der Waals surface area contributed by atoms with Gasteiger partial charge in [-0.05, 0) is 38.7 Å². The fourth-order valence-electron chi connectivity index (χ4n) is 3.41. The number of carbonyl (C=O) groups excluding carboxylic acids is 1. The lowest BCUT2D eigenvalue weighted by Gasteiger charge is -2.17. The van der Waals surface area contributed by atoms with Crippen LogP contribution in [0.5, 0.6) is 5.88 Å². The number of hydrogen-bond acceptors (Lipinski definition) is 6. The molecule has 3 heterocycles. The highest BCUT2D eigenvalue weighted by Gasteiger charge is 2.30. The second-order valence-electron chi connectivity index (χ2n) is 8.94. The van der Waals surface area contributed by atoms with Crippen molar-refractivity contribution in [2.24, 2.45) is 10.9 Å². The number of amides is 1. The minimum atomic E-state index is -0.643. The summed E-state index contributed by atoms with van der Waals surface area (Å²) >= 11 is 0. The molecule has 1 amide bonds. The van der Waals surface area contributed by atoms with Crippen molar-refractivity contribution in [3.8, 4) is 5.88 Å². The van der Waals surface area contributed by atoms with Crippen molar-refractivity contribution >= 4 is 23.5 Å². The maximum absolute atomic E-state index is 13.0.